The van der Waals surface area contributed by atoms with Gasteiger partial charge in [-0.15, -0.1) is 0 Å². The van der Waals surface area contributed by atoms with E-state index in [1.54, 1.807) is 0 Å². The monoisotopic (exact) mass is 759 g/mol. The standard InChI is InChI=1S/C42H80NO8P/c1-6-8-10-12-14-16-18-20-21-23-25-27-29-31-33-35-42(45)51-40(39-50-52(46,47)49-37-36-43(3,4)5)38-48-41(44)34-32-30-28-26-24-22-19-17-15-13-11-9-7-2/h20-21,25,27,40H,6-19,22-24,26,28-39H2,1-5H3/p+1/b21-20+,27-25+/t40-/m1/s1. The molecule has 10 heteroatoms. The molecular weight excluding hydrogens is 677 g/mol. The molecule has 0 radical (unpaired) electrons. The molecule has 52 heavy (non-hydrogen) atoms. The Morgan fingerprint density at radius 3 is 1.56 bits per heavy atom. The van der Waals surface area contributed by atoms with Crippen molar-refractivity contribution in [3.63, 3.8) is 0 Å². The van der Waals surface area contributed by atoms with Gasteiger partial charge in [0.05, 0.1) is 27.7 Å². The minimum atomic E-state index is -4.38. The Morgan fingerprint density at radius 1 is 0.596 bits per heavy atom. The highest BCUT2D eigenvalue weighted by molar-refractivity contribution is 7.47. The van der Waals surface area contributed by atoms with Crippen LogP contribution >= 0.6 is 7.82 Å². The summed E-state index contributed by atoms with van der Waals surface area (Å²) in [7, 11) is 1.46. The van der Waals surface area contributed by atoms with Crippen LogP contribution in [0.15, 0.2) is 24.3 Å². The summed E-state index contributed by atoms with van der Waals surface area (Å²) < 4.78 is 34.2. The van der Waals surface area contributed by atoms with E-state index < -0.39 is 26.5 Å². The Bertz CT molecular complexity index is 949. The van der Waals surface area contributed by atoms with E-state index in [0.29, 0.717) is 17.4 Å². The van der Waals surface area contributed by atoms with E-state index in [1.807, 2.05) is 21.1 Å². The highest BCUT2D eigenvalue weighted by atomic mass is 31.2. The van der Waals surface area contributed by atoms with Crippen LogP contribution in [0.3, 0.4) is 0 Å². The lowest BCUT2D eigenvalue weighted by Crippen LogP contribution is -2.37. The number of allylic oxidation sites excluding steroid dienone is 4. The summed E-state index contributed by atoms with van der Waals surface area (Å²) in [5.74, 6) is -0.832. The molecule has 306 valence electrons. The lowest BCUT2D eigenvalue weighted by atomic mass is 10.0. The lowest BCUT2D eigenvalue weighted by Gasteiger charge is -2.24. The molecule has 0 aliphatic heterocycles. The van der Waals surface area contributed by atoms with Crippen molar-refractivity contribution in [3.8, 4) is 0 Å². The first-order valence-electron chi connectivity index (χ1n) is 21.1. The van der Waals surface area contributed by atoms with Gasteiger partial charge in [0.1, 0.15) is 19.8 Å². The van der Waals surface area contributed by atoms with Crippen molar-refractivity contribution >= 4 is 19.8 Å². The van der Waals surface area contributed by atoms with Crippen molar-refractivity contribution in [1.82, 2.24) is 0 Å². The van der Waals surface area contributed by atoms with Gasteiger partial charge in [0.25, 0.3) is 0 Å². The second-order valence-electron chi connectivity index (χ2n) is 15.4. The number of likely N-dealkylation sites (N-methyl/N-ethyl adjacent to an activating group) is 1. The minimum Gasteiger partial charge on any atom is -0.462 e. The van der Waals surface area contributed by atoms with Crippen molar-refractivity contribution in [2.24, 2.45) is 0 Å². The SMILES string of the molecule is CCCCCCCC/C=C/C/C=C/CCCCC(=O)O[C@H](COC(=O)CCCCCCCCCCCCCCC)COP(=O)(O)OCC[N+](C)(C)C. The molecule has 0 fully saturated rings. The van der Waals surface area contributed by atoms with E-state index >= 15 is 0 Å². The first-order valence-corrected chi connectivity index (χ1v) is 22.6. The van der Waals surface area contributed by atoms with Crippen LogP contribution in [-0.2, 0) is 32.7 Å². The van der Waals surface area contributed by atoms with Crippen LogP contribution in [0.2, 0.25) is 0 Å². The van der Waals surface area contributed by atoms with E-state index in [0.717, 1.165) is 44.9 Å². The number of hydrogen-bond acceptors (Lipinski definition) is 7. The highest BCUT2D eigenvalue weighted by Crippen LogP contribution is 2.43. The van der Waals surface area contributed by atoms with Crippen LogP contribution in [0.5, 0.6) is 0 Å². The number of phosphoric ester groups is 1. The molecule has 0 aromatic rings. The molecule has 0 saturated carbocycles. The van der Waals surface area contributed by atoms with E-state index in [9.17, 15) is 19.0 Å². The van der Waals surface area contributed by atoms with Gasteiger partial charge in [-0.25, -0.2) is 4.57 Å². The average molecular weight is 759 g/mol. The van der Waals surface area contributed by atoms with E-state index in [4.69, 9.17) is 18.5 Å². The second kappa shape index (κ2) is 35.2. The second-order valence-corrected chi connectivity index (χ2v) is 16.8. The zero-order chi connectivity index (χ0) is 38.6. The van der Waals surface area contributed by atoms with Gasteiger partial charge in [0, 0.05) is 12.8 Å². The van der Waals surface area contributed by atoms with E-state index in [1.165, 1.54) is 103 Å². The Kier molecular flexibility index (Phi) is 34.2. The highest BCUT2D eigenvalue weighted by Gasteiger charge is 2.27. The largest absolute Gasteiger partial charge is 0.472 e. The predicted molar refractivity (Wildman–Crippen MR) is 215 cm³/mol. The third kappa shape index (κ3) is 38.2. The van der Waals surface area contributed by atoms with Crippen LogP contribution in [-0.4, -0.2) is 74.9 Å². The molecule has 1 N–H and O–H groups in total. The summed E-state index contributed by atoms with van der Waals surface area (Å²) in [5, 5.41) is 0. The molecule has 1 unspecified atom stereocenters. The van der Waals surface area contributed by atoms with Crippen molar-refractivity contribution < 1.29 is 42.1 Å². The number of carbonyl (C=O) groups is 2. The summed E-state index contributed by atoms with van der Waals surface area (Å²) in [5.41, 5.74) is 0. The minimum absolute atomic E-state index is 0.0275. The van der Waals surface area contributed by atoms with Crippen molar-refractivity contribution in [3.05, 3.63) is 24.3 Å². The summed E-state index contributed by atoms with van der Waals surface area (Å²) in [4.78, 5) is 35.2. The van der Waals surface area contributed by atoms with Gasteiger partial charge >= 0.3 is 19.8 Å². The number of esters is 2. The van der Waals surface area contributed by atoms with Crippen LogP contribution in [0, 0.1) is 0 Å². The molecule has 0 heterocycles. The quantitative estimate of drug-likeness (QED) is 0.0218. The van der Waals surface area contributed by atoms with Gasteiger partial charge in [-0.3, -0.25) is 18.6 Å². The molecule has 0 amide bonds. The Labute approximate surface area is 319 Å². The maximum absolute atomic E-state index is 12.6. The fourth-order valence-electron chi connectivity index (χ4n) is 5.63. The third-order valence-electron chi connectivity index (χ3n) is 8.98. The van der Waals surface area contributed by atoms with Gasteiger partial charge < -0.3 is 18.9 Å². The van der Waals surface area contributed by atoms with Crippen molar-refractivity contribution in [2.75, 3.05) is 47.5 Å². The van der Waals surface area contributed by atoms with Gasteiger partial charge in [-0.2, -0.15) is 0 Å². The van der Waals surface area contributed by atoms with Crippen LogP contribution < -0.4 is 0 Å². The molecule has 0 aliphatic carbocycles. The number of hydrogen-bond donors (Lipinski definition) is 1. The normalized spacial score (nSPS) is 13.9. The molecule has 9 nitrogen and oxygen atoms in total. The number of quaternary nitrogens is 1. The van der Waals surface area contributed by atoms with Crippen LogP contribution in [0.1, 0.15) is 181 Å². The number of rotatable bonds is 38. The number of unbranched alkanes of at least 4 members (excludes halogenated alkanes) is 20. The zero-order valence-electron chi connectivity index (χ0n) is 34.3. The van der Waals surface area contributed by atoms with Crippen LogP contribution in [0.4, 0.5) is 0 Å². The smallest absolute Gasteiger partial charge is 0.462 e. The lowest BCUT2D eigenvalue weighted by molar-refractivity contribution is -0.870. The number of carbonyl (C=O) groups excluding carboxylic acids is 2. The number of phosphoric acid groups is 1. The summed E-state index contributed by atoms with van der Waals surface area (Å²) in [6, 6.07) is 0. The molecule has 0 aromatic carbocycles. The summed E-state index contributed by atoms with van der Waals surface area (Å²) in [6.45, 7) is 4.38. The molecule has 0 aliphatic rings. The first kappa shape index (κ1) is 50.5. The van der Waals surface area contributed by atoms with E-state index in [2.05, 4.69) is 38.2 Å². The first-order chi connectivity index (χ1) is 25.0. The topological polar surface area (TPSA) is 108 Å². The predicted octanol–water partition coefficient (Wildman–Crippen LogP) is 11.6. The van der Waals surface area contributed by atoms with Gasteiger partial charge in [0.15, 0.2) is 6.10 Å². The molecular formula is C42H81NO8P+. The Balaban J connectivity index is 4.44. The fraction of sp³-hybridized carbons (Fsp3) is 0.857. The van der Waals surface area contributed by atoms with Gasteiger partial charge in [-0.05, 0) is 44.9 Å². The zero-order valence-corrected chi connectivity index (χ0v) is 35.2. The third-order valence-corrected chi connectivity index (χ3v) is 9.97. The van der Waals surface area contributed by atoms with E-state index in [-0.39, 0.29) is 32.0 Å². The molecule has 0 saturated heterocycles. The van der Waals surface area contributed by atoms with Gasteiger partial charge in [-0.1, -0.05) is 147 Å². The van der Waals surface area contributed by atoms with Crippen LogP contribution in [0.25, 0.3) is 0 Å². The Hall–Kier alpha value is -1.51. The Morgan fingerprint density at radius 2 is 1.04 bits per heavy atom. The molecule has 2 atom stereocenters. The summed E-state index contributed by atoms with van der Waals surface area (Å²) >= 11 is 0. The molecule has 0 bridgehead atoms. The maximum atomic E-state index is 12.6. The summed E-state index contributed by atoms with van der Waals surface area (Å²) in [6.07, 6.45) is 36.5. The maximum Gasteiger partial charge on any atom is 0.472 e. The average Bonchev–Trinajstić information content (AvgIpc) is 3.09. The molecule has 0 rings (SSSR count). The van der Waals surface area contributed by atoms with Crippen molar-refractivity contribution in [1.29, 1.82) is 0 Å². The van der Waals surface area contributed by atoms with Crippen molar-refractivity contribution in [2.45, 2.75) is 187 Å². The number of nitrogens with zero attached hydrogens (tertiary/aromatic N) is 1. The molecule has 0 spiro atoms. The van der Waals surface area contributed by atoms with Gasteiger partial charge in [0.2, 0.25) is 0 Å². The number of ether oxygens (including phenoxy) is 2. The fourth-order valence-corrected chi connectivity index (χ4v) is 6.37. The molecule has 0 aromatic heterocycles.